The van der Waals surface area contributed by atoms with Gasteiger partial charge in [-0.2, -0.15) is 0 Å². The van der Waals surface area contributed by atoms with Crippen LogP contribution in [0.2, 0.25) is 0 Å². The zero-order chi connectivity index (χ0) is 23.8. The fourth-order valence-corrected chi connectivity index (χ4v) is 5.27. The van der Waals surface area contributed by atoms with E-state index >= 15 is 0 Å². The van der Waals surface area contributed by atoms with Gasteiger partial charge in [-0.3, -0.25) is 4.79 Å². The number of amides is 1. The molecule has 6 rings (SSSR count). The Morgan fingerprint density at radius 3 is 2.60 bits per heavy atom. The second kappa shape index (κ2) is 8.99. The van der Waals surface area contributed by atoms with Crippen molar-refractivity contribution in [3.63, 3.8) is 0 Å². The molecule has 4 heterocycles. The molecule has 8 nitrogen and oxygen atoms in total. The van der Waals surface area contributed by atoms with Gasteiger partial charge in [0, 0.05) is 37.1 Å². The summed E-state index contributed by atoms with van der Waals surface area (Å²) in [5.74, 6) is 2.41. The number of hydrogen-bond acceptors (Lipinski definition) is 7. The summed E-state index contributed by atoms with van der Waals surface area (Å²) in [5.41, 5.74) is 2.58. The Hall–Kier alpha value is -3.98. The van der Waals surface area contributed by atoms with Crippen molar-refractivity contribution in [3.05, 3.63) is 70.9 Å². The van der Waals surface area contributed by atoms with E-state index in [1.807, 2.05) is 75.3 Å². The van der Waals surface area contributed by atoms with Crippen molar-refractivity contribution in [2.75, 3.05) is 38.2 Å². The molecule has 0 aliphatic carbocycles. The molecular weight excluding hydrogens is 460 g/mol. The smallest absolute Gasteiger partial charge is 0.263 e. The lowest BCUT2D eigenvalue weighted by atomic mass is 10.2. The Morgan fingerprint density at radius 2 is 1.80 bits per heavy atom. The van der Waals surface area contributed by atoms with E-state index in [4.69, 9.17) is 9.72 Å². The van der Waals surface area contributed by atoms with Gasteiger partial charge in [0.2, 0.25) is 5.95 Å². The fraction of sp³-hybridized carbons (Fsp3) is 0.231. The van der Waals surface area contributed by atoms with Crippen molar-refractivity contribution >= 4 is 39.7 Å². The van der Waals surface area contributed by atoms with Crippen LogP contribution in [-0.4, -0.2) is 63.7 Å². The number of nitrogens with zero attached hydrogens (tertiary/aromatic N) is 6. The summed E-state index contributed by atoms with van der Waals surface area (Å²) in [5, 5.41) is 12.0. The van der Waals surface area contributed by atoms with E-state index < -0.39 is 0 Å². The van der Waals surface area contributed by atoms with Gasteiger partial charge in [-0.05, 0) is 54.3 Å². The molecule has 1 fully saturated rings. The molecular formula is C26H24N6O2S. The van der Waals surface area contributed by atoms with E-state index in [0.717, 1.165) is 64.0 Å². The van der Waals surface area contributed by atoms with E-state index in [1.54, 1.807) is 7.11 Å². The number of fused-ring (bicyclic) bond motifs is 3. The van der Waals surface area contributed by atoms with Crippen LogP contribution < -0.4 is 9.64 Å². The lowest BCUT2D eigenvalue weighted by molar-refractivity contribution is 0.0772. The predicted molar refractivity (Wildman–Crippen MR) is 137 cm³/mol. The quantitative estimate of drug-likeness (QED) is 0.377. The van der Waals surface area contributed by atoms with E-state index in [9.17, 15) is 4.79 Å². The third-order valence-electron chi connectivity index (χ3n) is 6.37. The molecule has 2 aromatic carbocycles. The highest BCUT2D eigenvalue weighted by molar-refractivity contribution is 7.12. The highest BCUT2D eigenvalue weighted by Crippen LogP contribution is 2.30. The molecule has 0 atom stereocenters. The van der Waals surface area contributed by atoms with Crippen molar-refractivity contribution in [1.82, 2.24) is 24.5 Å². The first kappa shape index (κ1) is 21.5. The molecule has 3 aromatic heterocycles. The molecule has 0 bridgehead atoms. The van der Waals surface area contributed by atoms with Gasteiger partial charge in [-0.1, -0.05) is 18.2 Å². The number of carbonyl (C=O) groups excluding carboxylic acids is 1. The van der Waals surface area contributed by atoms with Crippen LogP contribution in [0.25, 0.3) is 27.9 Å². The number of rotatable bonds is 4. The first-order valence-corrected chi connectivity index (χ1v) is 12.5. The topological polar surface area (TPSA) is 75.9 Å². The summed E-state index contributed by atoms with van der Waals surface area (Å²) in [4.78, 5) is 23.0. The monoisotopic (exact) mass is 484 g/mol. The van der Waals surface area contributed by atoms with E-state index in [1.165, 1.54) is 11.3 Å². The summed E-state index contributed by atoms with van der Waals surface area (Å²) in [6.45, 7) is 2.82. The van der Waals surface area contributed by atoms with Crippen molar-refractivity contribution in [1.29, 1.82) is 0 Å². The normalized spacial score (nSPS) is 14.4. The minimum Gasteiger partial charge on any atom is -0.497 e. The van der Waals surface area contributed by atoms with E-state index in [-0.39, 0.29) is 5.91 Å². The molecule has 35 heavy (non-hydrogen) atoms. The number of thiophene rings is 1. The molecule has 0 radical (unpaired) electrons. The molecule has 0 saturated carbocycles. The van der Waals surface area contributed by atoms with Crippen molar-refractivity contribution < 1.29 is 9.53 Å². The Morgan fingerprint density at radius 1 is 0.943 bits per heavy atom. The molecule has 9 heteroatoms. The van der Waals surface area contributed by atoms with Crippen molar-refractivity contribution in [2.24, 2.45) is 0 Å². The third-order valence-corrected chi connectivity index (χ3v) is 7.23. The zero-order valence-corrected chi connectivity index (χ0v) is 20.1. The highest BCUT2D eigenvalue weighted by Gasteiger charge is 2.25. The maximum Gasteiger partial charge on any atom is 0.263 e. The maximum absolute atomic E-state index is 13.0. The van der Waals surface area contributed by atoms with Crippen molar-refractivity contribution in [2.45, 2.75) is 6.42 Å². The van der Waals surface area contributed by atoms with E-state index in [2.05, 4.69) is 15.1 Å². The molecule has 5 aromatic rings. The average Bonchev–Trinajstić information content (AvgIpc) is 3.54. The van der Waals surface area contributed by atoms with Gasteiger partial charge in [0.25, 0.3) is 5.91 Å². The van der Waals surface area contributed by atoms with Gasteiger partial charge < -0.3 is 14.5 Å². The van der Waals surface area contributed by atoms with Crippen LogP contribution in [0.5, 0.6) is 5.75 Å². The number of aromatic nitrogens is 4. The maximum atomic E-state index is 13.0. The number of para-hydroxylation sites is 1. The molecule has 0 N–H and O–H groups in total. The van der Waals surface area contributed by atoms with E-state index in [0.29, 0.717) is 13.1 Å². The molecule has 0 spiro atoms. The average molecular weight is 485 g/mol. The number of methoxy groups -OCH3 is 1. The second-order valence-corrected chi connectivity index (χ2v) is 9.40. The number of anilines is 1. The standard InChI is InChI=1S/C26H24N6O2S/c1-34-19-11-9-18(10-12-19)23-28-29-24-20-6-2-3-7-21(20)27-26(32(23)24)31-14-5-13-30(15-16-31)25(33)22-8-4-17-35-22/h2-4,6-12,17H,5,13-16H2,1H3. The lowest BCUT2D eigenvalue weighted by Crippen LogP contribution is -2.35. The SMILES string of the molecule is COc1ccc(-c2nnc3c4ccccc4nc(N4CCCN(C(=O)c5cccs5)CC4)n23)cc1. The molecule has 0 unspecified atom stereocenters. The minimum atomic E-state index is 0.0988. The van der Waals surface area contributed by atoms with Gasteiger partial charge >= 0.3 is 0 Å². The largest absolute Gasteiger partial charge is 0.497 e. The summed E-state index contributed by atoms with van der Waals surface area (Å²) in [6, 6.07) is 19.6. The molecule has 176 valence electrons. The second-order valence-electron chi connectivity index (χ2n) is 8.45. The fourth-order valence-electron chi connectivity index (χ4n) is 4.58. The Balaban J connectivity index is 1.42. The zero-order valence-electron chi connectivity index (χ0n) is 19.3. The van der Waals surface area contributed by atoms with Gasteiger partial charge in [0.1, 0.15) is 5.75 Å². The molecule has 1 aliphatic heterocycles. The third kappa shape index (κ3) is 3.87. The number of ether oxygens (including phenoxy) is 1. The van der Waals surface area contributed by atoms with Gasteiger partial charge in [-0.15, -0.1) is 21.5 Å². The summed E-state index contributed by atoms with van der Waals surface area (Å²) in [7, 11) is 1.65. The predicted octanol–water partition coefficient (Wildman–Crippen LogP) is 4.37. The van der Waals surface area contributed by atoms with Gasteiger partial charge in [0.15, 0.2) is 11.5 Å². The molecule has 1 amide bonds. The number of carbonyl (C=O) groups is 1. The van der Waals surface area contributed by atoms with Crippen LogP contribution in [0.15, 0.2) is 66.0 Å². The summed E-state index contributed by atoms with van der Waals surface area (Å²) >= 11 is 1.49. The van der Waals surface area contributed by atoms with Crippen LogP contribution in [0.3, 0.4) is 0 Å². The molecule has 1 aliphatic rings. The van der Waals surface area contributed by atoms with Crippen LogP contribution in [0.4, 0.5) is 5.95 Å². The molecule has 1 saturated heterocycles. The van der Waals surface area contributed by atoms with Crippen LogP contribution >= 0.6 is 11.3 Å². The first-order valence-electron chi connectivity index (χ1n) is 11.6. The lowest BCUT2D eigenvalue weighted by Gasteiger charge is -2.24. The number of benzene rings is 2. The Labute approximate surface area is 206 Å². The first-order chi connectivity index (χ1) is 17.2. The highest BCUT2D eigenvalue weighted by atomic mass is 32.1. The van der Waals surface area contributed by atoms with Gasteiger partial charge in [-0.25, -0.2) is 9.38 Å². The van der Waals surface area contributed by atoms with Crippen LogP contribution in [0.1, 0.15) is 16.1 Å². The van der Waals surface area contributed by atoms with Crippen molar-refractivity contribution in [3.8, 4) is 17.1 Å². The summed E-state index contributed by atoms with van der Waals surface area (Å²) < 4.78 is 7.37. The Kier molecular flexibility index (Phi) is 5.54. The van der Waals surface area contributed by atoms with Gasteiger partial charge in [0.05, 0.1) is 17.5 Å². The summed E-state index contributed by atoms with van der Waals surface area (Å²) in [6.07, 6.45) is 0.854. The Bertz CT molecular complexity index is 1500. The minimum absolute atomic E-state index is 0.0988. The number of hydrogen-bond donors (Lipinski definition) is 0. The van der Waals surface area contributed by atoms with Crippen LogP contribution in [0, 0.1) is 0 Å². The van der Waals surface area contributed by atoms with Crippen LogP contribution in [-0.2, 0) is 0 Å².